The Morgan fingerprint density at radius 3 is 2.82 bits per heavy atom. The first-order chi connectivity index (χ1) is 8.22. The van der Waals surface area contributed by atoms with Gasteiger partial charge in [0.2, 0.25) is 12.1 Å². The van der Waals surface area contributed by atoms with Crippen molar-refractivity contribution in [2.75, 3.05) is 0 Å². The van der Waals surface area contributed by atoms with E-state index in [2.05, 4.69) is 0 Å². The molecule has 0 saturated heterocycles. The number of carbonyl (C=O) groups is 1. The Hall–Kier alpha value is -2.16. The monoisotopic (exact) mass is 228 g/mol. The van der Waals surface area contributed by atoms with Crippen LogP contribution in [0.3, 0.4) is 0 Å². The summed E-state index contributed by atoms with van der Waals surface area (Å²) in [5.74, 6) is -0.834. The average molecular weight is 228 g/mol. The van der Waals surface area contributed by atoms with Crippen molar-refractivity contribution < 1.29 is 14.5 Å². The van der Waals surface area contributed by atoms with Crippen LogP contribution in [0.4, 0.5) is 0 Å². The summed E-state index contributed by atoms with van der Waals surface area (Å²) in [5, 5.41) is 9.93. The second kappa shape index (κ2) is 4.78. The highest BCUT2D eigenvalue weighted by molar-refractivity contribution is 5.85. The predicted octanol–water partition coefficient (Wildman–Crippen LogP) is 2.25. The third kappa shape index (κ3) is 2.33. The molecule has 1 N–H and O–H groups in total. The van der Waals surface area contributed by atoms with Gasteiger partial charge in [-0.1, -0.05) is 24.3 Å². The molecule has 17 heavy (non-hydrogen) atoms. The molecule has 0 atom stereocenters. The van der Waals surface area contributed by atoms with E-state index in [1.807, 2.05) is 55.6 Å². The highest BCUT2D eigenvalue weighted by Crippen LogP contribution is 2.16. The van der Waals surface area contributed by atoms with Crippen molar-refractivity contribution in [1.82, 2.24) is 0 Å². The standard InChI is InChI=1S/C14H13NO2/c1-2-5-11-8-9-15(10-14(16)17)13-7-4-3-6-12(11)13/h2-9H,10H2,1H3/p+1/b5-2+. The van der Waals surface area contributed by atoms with Gasteiger partial charge in [-0.25, -0.2) is 4.79 Å². The number of nitrogens with zero attached hydrogens (tertiary/aromatic N) is 1. The van der Waals surface area contributed by atoms with Crippen LogP contribution in [0.5, 0.6) is 0 Å². The first-order valence-corrected chi connectivity index (χ1v) is 5.48. The fourth-order valence-corrected chi connectivity index (χ4v) is 1.92. The molecule has 1 aromatic heterocycles. The van der Waals surface area contributed by atoms with E-state index in [0.717, 1.165) is 16.5 Å². The molecule has 0 aliphatic carbocycles. The van der Waals surface area contributed by atoms with E-state index in [4.69, 9.17) is 5.11 Å². The normalized spacial score (nSPS) is 11.1. The van der Waals surface area contributed by atoms with Gasteiger partial charge in [-0.2, -0.15) is 4.57 Å². The van der Waals surface area contributed by atoms with Gasteiger partial charge < -0.3 is 5.11 Å². The zero-order valence-electron chi connectivity index (χ0n) is 9.63. The van der Waals surface area contributed by atoms with Gasteiger partial charge in [0.25, 0.3) is 0 Å². The number of hydrogen-bond donors (Lipinski definition) is 1. The minimum atomic E-state index is -0.834. The number of aromatic nitrogens is 1. The Bertz CT molecular complexity index is 588. The maximum absolute atomic E-state index is 10.8. The molecule has 0 aliphatic rings. The molecule has 0 radical (unpaired) electrons. The van der Waals surface area contributed by atoms with Gasteiger partial charge >= 0.3 is 5.97 Å². The molecule has 0 bridgehead atoms. The minimum absolute atomic E-state index is 0.0172. The maximum Gasteiger partial charge on any atom is 0.370 e. The summed E-state index contributed by atoms with van der Waals surface area (Å²) in [7, 11) is 0. The van der Waals surface area contributed by atoms with Gasteiger partial charge in [0.1, 0.15) is 0 Å². The SMILES string of the molecule is C/C=C/c1cc[n+](CC(=O)O)c2ccccc12. The number of pyridine rings is 1. The quantitative estimate of drug-likeness (QED) is 0.818. The summed E-state index contributed by atoms with van der Waals surface area (Å²) in [5.41, 5.74) is 2.04. The van der Waals surface area contributed by atoms with Crippen LogP contribution in [-0.4, -0.2) is 11.1 Å². The maximum atomic E-state index is 10.8. The molecule has 1 heterocycles. The zero-order chi connectivity index (χ0) is 12.3. The Morgan fingerprint density at radius 2 is 2.12 bits per heavy atom. The molecule has 0 amide bonds. The molecule has 0 spiro atoms. The van der Waals surface area contributed by atoms with Crippen LogP contribution in [-0.2, 0) is 11.3 Å². The van der Waals surface area contributed by atoms with Crippen LogP contribution in [0.1, 0.15) is 12.5 Å². The van der Waals surface area contributed by atoms with Crippen molar-refractivity contribution in [2.45, 2.75) is 13.5 Å². The van der Waals surface area contributed by atoms with Crippen LogP contribution in [0.2, 0.25) is 0 Å². The Morgan fingerprint density at radius 1 is 1.35 bits per heavy atom. The van der Waals surface area contributed by atoms with Gasteiger partial charge in [-0.15, -0.1) is 0 Å². The van der Waals surface area contributed by atoms with Crippen LogP contribution in [0, 0.1) is 0 Å². The lowest BCUT2D eigenvalue weighted by Gasteiger charge is -2.02. The topological polar surface area (TPSA) is 41.2 Å². The fourth-order valence-electron chi connectivity index (χ4n) is 1.92. The number of allylic oxidation sites excluding steroid dienone is 1. The van der Waals surface area contributed by atoms with Crippen molar-refractivity contribution in [3.05, 3.63) is 48.2 Å². The molecule has 2 aromatic rings. The first kappa shape index (κ1) is 11.3. The largest absolute Gasteiger partial charge is 0.477 e. The van der Waals surface area contributed by atoms with Gasteiger partial charge in [0.15, 0.2) is 6.20 Å². The summed E-state index contributed by atoms with van der Waals surface area (Å²) in [6.07, 6.45) is 5.81. The predicted molar refractivity (Wildman–Crippen MR) is 66.5 cm³/mol. The van der Waals surface area contributed by atoms with E-state index in [0.29, 0.717) is 0 Å². The smallest absolute Gasteiger partial charge is 0.370 e. The van der Waals surface area contributed by atoms with Gasteiger partial charge in [0.05, 0.1) is 5.39 Å². The van der Waals surface area contributed by atoms with E-state index in [1.165, 1.54) is 0 Å². The van der Waals surface area contributed by atoms with Crippen LogP contribution >= 0.6 is 0 Å². The Balaban J connectivity index is 2.66. The van der Waals surface area contributed by atoms with E-state index in [9.17, 15) is 4.79 Å². The van der Waals surface area contributed by atoms with Crippen LogP contribution in [0.25, 0.3) is 17.0 Å². The number of hydrogen-bond acceptors (Lipinski definition) is 1. The van der Waals surface area contributed by atoms with E-state index < -0.39 is 5.97 Å². The molecule has 0 aliphatic heterocycles. The number of fused-ring (bicyclic) bond motifs is 1. The highest BCUT2D eigenvalue weighted by atomic mass is 16.4. The van der Waals surface area contributed by atoms with Crippen LogP contribution in [0.15, 0.2) is 42.6 Å². The molecule has 2 rings (SSSR count). The number of aliphatic carboxylic acids is 1. The third-order valence-corrected chi connectivity index (χ3v) is 2.61. The number of carboxylic acids is 1. The number of para-hydroxylation sites is 1. The Labute approximate surface area is 99.6 Å². The fraction of sp³-hybridized carbons (Fsp3) is 0.143. The summed E-state index contributed by atoms with van der Waals surface area (Å²) in [6.45, 7) is 1.95. The van der Waals surface area contributed by atoms with Crippen molar-refractivity contribution in [3.63, 3.8) is 0 Å². The molecule has 86 valence electrons. The average Bonchev–Trinajstić information content (AvgIpc) is 2.32. The number of rotatable bonds is 3. The summed E-state index contributed by atoms with van der Waals surface area (Å²) in [6, 6.07) is 9.75. The van der Waals surface area contributed by atoms with Crippen molar-refractivity contribution in [1.29, 1.82) is 0 Å². The second-order valence-corrected chi connectivity index (χ2v) is 3.81. The highest BCUT2D eigenvalue weighted by Gasteiger charge is 2.13. The molecule has 3 heteroatoms. The lowest BCUT2D eigenvalue weighted by Crippen LogP contribution is -2.38. The molecular formula is C14H14NO2+. The summed E-state index contributed by atoms with van der Waals surface area (Å²) < 4.78 is 1.74. The van der Waals surface area contributed by atoms with E-state index in [1.54, 1.807) is 4.57 Å². The molecule has 1 aromatic carbocycles. The zero-order valence-corrected chi connectivity index (χ0v) is 9.63. The summed E-state index contributed by atoms with van der Waals surface area (Å²) in [4.78, 5) is 10.8. The van der Waals surface area contributed by atoms with Crippen LogP contribution < -0.4 is 4.57 Å². The summed E-state index contributed by atoms with van der Waals surface area (Å²) >= 11 is 0. The molecule has 0 fully saturated rings. The van der Waals surface area contributed by atoms with Crippen molar-refractivity contribution in [3.8, 4) is 0 Å². The van der Waals surface area contributed by atoms with Crippen molar-refractivity contribution in [2.24, 2.45) is 0 Å². The van der Waals surface area contributed by atoms with Gasteiger partial charge in [-0.3, -0.25) is 0 Å². The molecular weight excluding hydrogens is 214 g/mol. The van der Waals surface area contributed by atoms with E-state index >= 15 is 0 Å². The minimum Gasteiger partial charge on any atom is -0.477 e. The van der Waals surface area contributed by atoms with Gasteiger partial charge in [-0.05, 0) is 18.6 Å². The van der Waals surface area contributed by atoms with E-state index in [-0.39, 0.29) is 6.54 Å². The Kier molecular flexibility index (Phi) is 3.19. The number of carboxylic acid groups (broad SMARTS) is 1. The van der Waals surface area contributed by atoms with Gasteiger partial charge in [0, 0.05) is 12.1 Å². The number of benzene rings is 1. The molecule has 0 unspecified atom stereocenters. The second-order valence-electron chi connectivity index (χ2n) is 3.81. The lowest BCUT2D eigenvalue weighted by atomic mass is 10.1. The lowest BCUT2D eigenvalue weighted by molar-refractivity contribution is -0.660. The van der Waals surface area contributed by atoms with Crippen molar-refractivity contribution >= 4 is 22.9 Å². The third-order valence-electron chi connectivity index (χ3n) is 2.61. The first-order valence-electron chi connectivity index (χ1n) is 5.48. The molecule has 3 nitrogen and oxygen atoms in total. The molecule has 0 saturated carbocycles.